The molecule has 7 heteroatoms. The van der Waals surface area contributed by atoms with Gasteiger partial charge in [0.25, 0.3) is 0 Å². The van der Waals surface area contributed by atoms with Gasteiger partial charge in [0, 0.05) is 19.3 Å². The predicted octanol–water partition coefficient (Wildman–Crippen LogP) is 3.30. The smallest absolute Gasteiger partial charge is 0.193 e. The molecule has 0 unspecified atom stereocenters. The average Bonchev–Trinajstić information content (AvgIpc) is 2.62. The maximum absolute atomic E-state index is 5.95. The number of nitrogens with two attached hydrogens (primary N) is 1. The second-order valence-electron chi connectivity index (χ2n) is 5.14. The number of hydrogen-bond acceptors (Lipinski definition) is 4. The minimum absolute atomic E-state index is 0. The second-order valence-corrected chi connectivity index (χ2v) is 5.14. The van der Waals surface area contributed by atoms with Gasteiger partial charge in [-0.25, -0.2) is 4.99 Å². The zero-order valence-corrected chi connectivity index (χ0v) is 16.8. The van der Waals surface area contributed by atoms with E-state index in [2.05, 4.69) is 15.6 Å². The van der Waals surface area contributed by atoms with E-state index in [0.717, 1.165) is 29.2 Å². The lowest BCUT2D eigenvalue weighted by atomic mass is 10.2. The number of nitrogens with one attached hydrogen (secondary N) is 2. The average molecular weight is 456 g/mol. The van der Waals surface area contributed by atoms with Crippen LogP contribution < -0.4 is 21.1 Å². The van der Waals surface area contributed by atoms with Crippen LogP contribution in [0.1, 0.15) is 5.56 Å². The summed E-state index contributed by atoms with van der Waals surface area (Å²) < 4.78 is 10.3. The standard InChI is InChI=1S/C18H24N4O2.HI/c1-23-12-11-20-15-9-7-14(8-10-15)13-21-18(19)22-16-5-3-4-6-17(16)24-2;/h3-10,20H,11-13H2,1-2H3,(H3,19,21,22);1H. The molecular weight excluding hydrogens is 431 g/mol. The molecular formula is C18H25IN4O2. The number of benzene rings is 2. The van der Waals surface area contributed by atoms with Crippen molar-refractivity contribution in [2.75, 3.05) is 38.0 Å². The van der Waals surface area contributed by atoms with Crippen LogP contribution in [0.4, 0.5) is 11.4 Å². The van der Waals surface area contributed by atoms with Gasteiger partial charge in [0.1, 0.15) is 5.75 Å². The lowest BCUT2D eigenvalue weighted by Gasteiger charge is -2.10. The first-order valence-corrected chi connectivity index (χ1v) is 7.74. The molecule has 0 heterocycles. The molecule has 0 aliphatic carbocycles. The van der Waals surface area contributed by atoms with E-state index in [1.54, 1.807) is 14.2 Å². The van der Waals surface area contributed by atoms with Crippen molar-refractivity contribution in [1.29, 1.82) is 0 Å². The Labute approximate surface area is 165 Å². The molecule has 2 aromatic carbocycles. The lowest BCUT2D eigenvalue weighted by Crippen LogP contribution is -2.22. The van der Waals surface area contributed by atoms with Crippen molar-refractivity contribution in [2.45, 2.75) is 6.54 Å². The van der Waals surface area contributed by atoms with Crippen LogP contribution in [0.5, 0.6) is 5.75 Å². The van der Waals surface area contributed by atoms with E-state index in [1.165, 1.54) is 0 Å². The number of aliphatic imine (C=N–C) groups is 1. The molecule has 0 aromatic heterocycles. The van der Waals surface area contributed by atoms with Gasteiger partial charge in [0.2, 0.25) is 0 Å². The number of para-hydroxylation sites is 2. The van der Waals surface area contributed by atoms with Gasteiger partial charge in [-0.1, -0.05) is 24.3 Å². The zero-order valence-electron chi connectivity index (χ0n) is 14.5. The lowest BCUT2D eigenvalue weighted by molar-refractivity contribution is 0.211. The highest BCUT2D eigenvalue weighted by molar-refractivity contribution is 14.0. The monoisotopic (exact) mass is 456 g/mol. The number of methoxy groups -OCH3 is 2. The number of ether oxygens (including phenoxy) is 2. The van der Waals surface area contributed by atoms with Gasteiger partial charge in [-0.3, -0.25) is 0 Å². The highest BCUT2D eigenvalue weighted by Crippen LogP contribution is 2.22. The van der Waals surface area contributed by atoms with Crippen molar-refractivity contribution in [2.24, 2.45) is 10.7 Å². The molecule has 25 heavy (non-hydrogen) atoms. The third-order valence-corrected chi connectivity index (χ3v) is 3.39. The molecule has 0 saturated carbocycles. The predicted molar refractivity (Wildman–Crippen MR) is 114 cm³/mol. The Morgan fingerprint density at radius 3 is 2.48 bits per heavy atom. The minimum Gasteiger partial charge on any atom is -0.495 e. The van der Waals surface area contributed by atoms with Gasteiger partial charge in [-0.2, -0.15) is 0 Å². The van der Waals surface area contributed by atoms with Gasteiger partial charge in [-0.05, 0) is 29.8 Å². The molecule has 0 fully saturated rings. The fourth-order valence-electron chi connectivity index (χ4n) is 2.13. The molecule has 4 N–H and O–H groups in total. The SMILES string of the molecule is COCCNc1ccc(CN=C(N)Nc2ccccc2OC)cc1.I. The van der Waals surface area contributed by atoms with Crippen molar-refractivity contribution in [3.8, 4) is 5.75 Å². The molecule has 136 valence electrons. The first-order chi connectivity index (χ1) is 11.7. The molecule has 0 saturated heterocycles. The summed E-state index contributed by atoms with van der Waals surface area (Å²) in [6.07, 6.45) is 0. The summed E-state index contributed by atoms with van der Waals surface area (Å²) in [7, 11) is 3.31. The van der Waals surface area contributed by atoms with Crippen LogP contribution in [0.25, 0.3) is 0 Å². The third-order valence-electron chi connectivity index (χ3n) is 3.39. The van der Waals surface area contributed by atoms with E-state index in [-0.39, 0.29) is 24.0 Å². The van der Waals surface area contributed by atoms with E-state index < -0.39 is 0 Å². The van der Waals surface area contributed by atoms with E-state index in [4.69, 9.17) is 15.2 Å². The van der Waals surface area contributed by atoms with Crippen LogP contribution in [0.15, 0.2) is 53.5 Å². The first kappa shape index (κ1) is 21.0. The molecule has 2 rings (SSSR count). The van der Waals surface area contributed by atoms with Crippen LogP contribution in [-0.2, 0) is 11.3 Å². The molecule has 0 bridgehead atoms. The molecule has 0 amide bonds. The molecule has 0 aliphatic rings. The topological polar surface area (TPSA) is 80.9 Å². The van der Waals surface area contributed by atoms with Crippen molar-refractivity contribution >= 4 is 41.3 Å². The van der Waals surface area contributed by atoms with Gasteiger partial charge in [0.15, 0.2) is 5.96 Å². The molecule has 2 aromatic rings. The Morgan fingerprint density at radius 2 is 1.80 bits per heavy atom. The normalized spacial score (nSPS) is 10.7. The van der Waals surface area contributed by atoms with Gasteiger partial charge < -0.3 is 25.8 Å². The van der Waals surface area contributed by atoms with E-state index in [1.807, 2.05) is 48.5 Å². The number of anilines is 2. The first-order valence-electron chi connectivity index (χ1n) is 7.74. The van der Waals surface area contributed by atoms with Crippen LogP contribution in [0.3, 0.4) is 0 Å². The summed E-state index contributed by atoms with van der Waals surface area (Å²) in [5, 5.41) is 6.33. The molecule has 6 nitrogen and oxygen atoms in total. The van der Waals surface area contributed by atoms with Crippen molar-refractivity contribution in [3.05, 3.63) is 54.1 Å². The molecule has 0 radical (unpaired) electrons. The molecule has 0 aliphatic heterocycles. The largest absolute Gasteiger partial charge is 0.495 e. The van der Waals surface area contributed by atoms with Crippen LogP contribution in [0, 0.1) is 0 Å². The Kier molecular flexibility index (Phi) is 9.71. The zero-order chi connectivity index (χ0) is 17.2. The van der Waals surface area contributed by atoms with Crippen LogP contribution in [0.2, 0.25) is 0 Å². The van der Waals surface area contributed by atoms with Gasteiger partial charge >= 0.3 is 0 Å². The Bertz CT molecular complexity index is 662. The number of hydrogen-bond donors (Lipinski definition) is 3. The Hall–Kier alpha value is -2.00. The van der Waals surface area contributed by atoms with E-state index in [9.17, 15) is 0 Å². The second kappa shape index (κ2) is 11.5. The maximum Gasteiger partial charge on any atom is 0.193 e. The van der Waals surface area contributed by atoms with Crippen LogP contribution in [-0.4, -0.2) is 33.3 Å². The van der Waals surface area contributed by atoms with Gasteiger partial charge in [0.05, 0.1) is 25.9 Å². The number of halogens is 1. The van der Waals surface area contributed by atoms with E-state index in [0.29, 0.717) is 19.1 Å². The van der Waals surface area contributed by atoms with Crippen molar-refractivity contribution in [3.63, 3.8) is 0 Å². The molecule has 0 atom stereocenters. The third kappa shape index (κ3) is 7.18. The Balaban J connectivity index is 0.00000312. The molecule has 0 spiro atoms. The highest BCUT2D eigenvalue weighted by atomic mass is 127. The minimum atomic E-state index is 0. The van der Waals surface area contributed by atoms with Crippen LogP contribution >= 0.6 is 24.0 Å². The number of rotatable bonds is 8. The highest BCUT2D eigenvalue weighted by Gasteiger charge is 2.02. The van der Waals surface area contributed by atoms with Crippen molar-refractivity contribution < 1.29 is 9.47 Å². The fraction of sp³-hybridized carbons (Fsp3) is 0.278. The van der Waals surface area contributed by atoms with Gasteiger partial charge in [-0.15, -0.1) is 24.0 Å². The maximum atomic E-state index is 5.95. The fourth-order valence-corrected chi connectivity index (χ4v) is 2.13. The summed E-state index contributed by atoms with van der Waals surface area (Å²) >= 11 is 0. The summed E-state index contributed by atoms with van der Waals surface area (Å²) in [6.45, 7) is 1.97. The summed E-state index contributed by atoms with van der Waals surface area (Å²) in [4.78, 5) is 4.36. The summed E-state index contributed by atoms with van der Waals surface area (Å²) in [5.74, 6) is 1.07. The summed E-state index contributed by atoms with van der Waals surface area (Å²) in [6, 6.07) is 15.7. The van der Waals surface area contributed by atoms with Crippen molar-refractivity contribution in [1.82, 2.24) is 0 Å². The number of nitrogens with zero attached hydrogens (tertiary/aromatic N) is 1. The summed E-state index contributed by atoms with van der Waals surface area (Å²) in [5.41, 5.74) is 8.87. The number of guanidine groups is 1. The quantitative estimate of drug-likeness (QED) is 0.246. The van der Waals surface area contributed by atoms with E-state index >= 15 is 0 Å². The Morgan fingerprint density at radius 1 is 1.08 bits per heavy atom.